The molecule has 4 rings (SSSR count). The molecular weight excluding hydrogens is 408 g/mol. The zero-order chi connectivity index (χ0) is 20.4. The fraction of sp³-hybridized carbons (Fsp3) is 0.190. The van der Waals surface area contributed by atoms with E-state index < -0.39 is 5.97 Å². The van der Waals surface area contributed by atoms with E-state index in [-0.39, 0.29) is 5.56 Å². The third kappa shape index (κ3) is 3.86. The fourth-order valence-corrected chi connectivity index (χ4v) is 4.90. The van der Waals surface area contributed by atoms with Gasteiger partial charge in [0, 0.05) is 11.9 Å². The Morgan fingerprint density at radius 1 is 1.28 bits per heavy atom. The number of furan rings is 1. The highest BCUT2D eigenvalue weighted by atomic mass is 32.2. The molecule has 0 aliphatic rings. The molecule has 0 bridgehead atoms. The predicted octanol–water partition coefficient (Wildman–Crippen LogP) is 4.72. The molecule has 3 heterocycles. The van der Waals surface area contributed by atoms with E-state index in [1.54, 1.807) is 20.0 Å². The largest absolute Gasteiger partial charge is 0.468 e. The van der Waals surface area contributed by atoms with Crippen LogP contribution >= 0.6 is 23.1 Å². The van der Waals surface area contributed by atoms with Gasteiger partial charge in [-0.3, -0.25) is 9.36 Å². The maximum absolute atomic E-state index is 12.8. The maximum Gasteiger partial charge on any atom is 0.341 e. The summed E-state index contributed by atoms with van der Waals surface area (Å²) < 4.78 is 12.0. The summed E-state index contributed by atoms with van der Waals surface area (Å²) in [6, 6.07) is 13.4. The number of rotatable bonds is 6. The normalized spacial score (nSPS) is 11.1. The van der Waals surface area contributed by atoms with Crippen molar-refractivity contribution in [3.8, 4) is 10.4 Å². The topological polar surface area (TPSA) is 74.3 Å². The Hall–Kier alpha value is -2.84. The van der Waals surface area contributed by atoms with Crippen LogP contribution in [0.25, 0.3) is 20.7 Å². The van der Waals surface area contributed by atoms with Gasteiger partial charge in [0.15, 0.2) is 5.16 Å². The van der Waals surface area contributed by atoms with Gasteiger partial charge >= 0.3 is 5.97 Å². The second kappa shape index (κ2) is 8.26. The average Bonchev–Trinajstić information content (AvgIpc) is 3.37. The van der Waals surface area contributed by atoms with Crippen molar-refractivity contribution < 1.29 is 13.9 Å². The van der Waals surface area contributed by atoms with Crippen LogP contribution in [0.2, 0.25) is 0 Å². The number of hydrogen-bond donors (Lipinski definition) is 0. The zero-order valence-electron chi connectivity index (χ0n) is 15.9. The van der Waals surface area contributed by atoms with E-state index in [0.29, 0.717) is 39.1 Å². The van der Waals surface area contributed by atoms with Crippen molar-refractivity contribution >= 4 is 39.3 Å². The number of nitrogens with zero attached hydrogens (tertiary/aromatic N) is 2. The summed E-state index contributed by atoms with van der Waals surface area (Å²) >= 11 is 2.84. The van der Waals surface area contributed by atoms with E-state index in [1.165, 1.54) is 33.9 Å². The molecule has 4 aromatic rings. The van der Waals surface area contributed by atoms with Crippen LogP contribution in [0.4, 0.5) is 0 Å². The molecule has 8 heteroatoms. The van der Waals surface area contributed by atoms with Crippen molar-refractivity contribution in [1.82, 2.24) is 9.55 Å². The highest BCUT2D eigenvalue weighted by Gasteiger charge is 2.18. The van der Waals surface area contributed by atoms with Crippen LogP contribution < -0.4 is 5.56 Å². The van der Waals surface area contributed by atoms with Crippen LogP contribution in [0, 0.1) is 0 Å². The average molecular weight is 427 g/mol. The Balaban J connectivity index is 1.64. The number of carbonyl (C=O) groups excluding carboxylic acids is 1. The van der Waals surface area contributed by atoms with Gasteiger partial charge in [-0.05, 0) is 24.6 Å². The zero-order valence-corrected chi connectivity index (χ0v) is 17.5. The van der Waals surface area contributed by atoms with Crippen LogP contribution in [0.1, 0.15) is 23.0 Å². The quantitative estimate of drug-likeness (QED) is 0.252. The molecular formula is C21H18N2O4S2. The van der Waals surface area contributed by atoms with Crippen molar-refractivity contribution in [2.24, 2.45) is 7.05 Å². The molecule has 0 saturated carbocycles. The summed E-state index contributed by atoms with van der Waals surface area (Å²) in [6.07, 6.45) is 1.46. The molecule has 0 aliphatic heterocycles. The van der Waals surface area contributed by atoms with Crippen molar-refractivity contribution in [2.45, 2.75) is 17.8 Å². The van der Waals surface area contributed by atoms with Crippen LogP contribution in [-0.2, 0) is 17.5 Å². The first kappa shape index (κ1) is 19.5. The lowest BCUT2D eigenvalue weighted by Gasteiger charge is -2.07. The van der Waals surface area contributed by atoms with Gasteiger partial charge in [-0.1, -0.05) is 42.1 Å². The monoisotopic (exact) mass is 426 g/mol. The Kier molecular flexibility index (Phi) is 5.55. The minimum Gasteiger partial charge on any atom is -0.468 e. The summed E-state index contributed by atoms with van der Waals surface area (Å²) in [6.45, 7) is 2.05. The number of benzene rings is 1. The summed E-state index contributed by atoms with van der Waals surface area (Å²) in [5, 5.41) is 1.17. The number of aromatic nitrogens is 2. The molecule has 0 aliphatic carbocycles. The molecule has 1 aromatic carbocycles. The van der Waals surface area contributed by atoms with Crippen molar-refractivity contribution in [2.75, 3.05) is 6.61 Å². The molecule has 0 saturated heterocycles. The van der Waals surface area contributed by atoms with Crippen LogP contribution in [0.15, 0.2) is 63.1 Å². The number of ether oxygens (including phenoxy) is 1. The Bertz CT molecular complexity index is 1220. The minimum atomic E-state index is -0.417. The molecule has 3 aromatic heterocycles. The third-order valence-corrected chi connectivity index (χ3v) is 6.47. The van der Waals surface area contributed by atoms with Gasteiger partial charge < -0.3 is 9.15 Å². The first-order chi connectivity index (χ1) is 14.1. The van der Waals surface area contributed by atoms with E-state index in [4.69, 9.17) is 9.15 Å². The van der Waals surface area contributed by atoms with Gasteiger partial charge in [-0.15, -0.1) is 11.3 Å². The Morgan fingerprint density at radius 2 is 2.07 bits per heavy atom. The summed E-state index contributed by atoms with van der Waals surface area (Å²) in [4.78, 5) is 31.2. The van der Waals surface area contributed by atoms with Gasteiger partial charge in [0.2, 0.25) is 0 Å². The van der Waals surface area contributed by atoms with Gasteiger partial charge in [-0.2, -0.15) is 0 Å². The van der Waals surface area contributed by atoms with E-state index in [0.717, 1.165) is 10.4 Å². The number of carbonyl (C=O) groups is 1. The van der Waals surface area contributed by atoms with Crippen molar-refractivity contribution in [3.05, 3.63) is 70.4 Å². The smallest absolute Gasteiger partial charge is 0.341 e. The van der Waals surface area contributed by atoms with Crippen LogP contribution in [0.5, 0.6) is 0 Å². The van der Waals surface area contributed by atoms with E-state index in [2.05, 4.69) is 4.98 Å². The van der Waals surface area contributed by atoms with E-state index in [9.17, 15) is 9.59 Å². The molecule has 0 spiro atoms. The molecule has 0 radical (unpaired) electrons. The number of fused-ring (bicyclic) bond motifs is 1. The first-order valence-electron chi connectivity index (χ1n) is 9.00. The van der Waals surface area contributed by atoms with E-state index in [1.807, 2.05) is 36.4 Å². The van der Waals surface area contributed by atoms with Crippen molar-refractivity contribution in [3.63, 3.8) is 0 Å². The van der Waals surface area contributed by atoms with Gasteiger partial charge in [-0.25, -0.2) is 9.78 Å². The number of thiophene rings is 1. The molecule has 0 fully saturated rings. The SMILES string of the molecule is CCOC(=O)c1ccoc1CSc1nc2sc(-c3ccccc3)cc2c(=O)n1C. The second-order valence-electron chi connectivity index (χ2n) is 6.22. The summed E-state index contributed by atoms with van der Waals surface area (Å²) in [7, 11) is 1.70. The molecule has 0 amide bonds. The van der Waals surface area contributed by atoms with E-state index >= 15 is 0 Å². The predicted molar refractivity (Wildman–Crippen MR) is 115 cm³/mol. The Morgan fingerprint density at radius 3 is 2.83 bits per heavy atom. The summed E-state index contributed by atoms with van der Waals surface area (Å²) in [5.41, 5.74) is 1.36. The molecule has 0 N–H and O–H groups in total. The van der Waals surface area contributed by atoms with Crippen molar-refractivity contribution in [1.29, 1.82) is 0 Å². The number of thioether (sulfide) groups is 1. The van der Waals surface area contributed by atoms with Gasteiger partial charge in [0.25, 0.3) is 5.56 Å². The van der Waals surface area contributed by atoms with Gasteiger partial charge in [0.05, 0.1) is 24.0 Å². The molecule has 0 atom stereocenters. The highest BCUT2D eigenvalue weighted by molar-refractivity contribution is 7.98. The molecule has 29 heavy (non-hydrogen) atoms. The highest BCUT2D eigenvalue weighted by Crippen LogP contribution is 2.32. The molecule has 148 valence electrons. The lowest BCUT2D eigenvalue weighted by atomic mass is 10.2. The second-order valence-corrected chi connectivity index (χ2v) is 8.19. The first-order valence-corrected chi connectivity index (χ1v) is 10.8. The molecule has 6 nitrogen and oxygen atoms in total. The lowest BCUT2D eigenvalue weighted by Crippen LogP contribution is -2.19. The summed E-state index contributed by atoms with van der Waals surface area (Å²) in [5.74, 6) is 0.447. The fourth-order valence-electron chi connectivity index (χ4n) is 2.89. The standard InChI is InChI=1S/C21H18N2O4S2/c1-3-26-20(25)14-9-10-27-16(14)12-28-21-22-18-15(19(24)23(21)2)11-17(29-18)13-7-5-4-6-8-13/h4-11H,3,12H2,1-2H3. The molecule has 0 unspecified atom stereocenters. The number of hydrogen-bond acceptors (Lipinski definition) is 7. The van der Waals surface area contributed by atoms with Crippen LogP contribution in [-0.4, -0.2) is 22.1 Å². The third-order valence-electron chi connectivity index (χ3n) is 4.36. The maximum atomic E-state index is 12.8. The van der Waals surface area contributed by atoms with Crippen LogP contribution in [0.3, 0.4) is 0 Å². The van der Waals surface area contributed by atoms with Gasteiger partial charge in [0.1, 0.15) is 16.2 Å². The number of esters is 1. The lowest BCUT2D eigenvalue weighted by molar-refractivity contribution is 0.0524. The Labute approximate surface area is 175 Å². The minimum absolute atomic E-state index is 0.0963.